The van der Waals surface area contributed by atoms with Crippen LogP contribution in [-0.4, -0.2) is 40.5 Å². The first-order valence-corrected chi connectivity index (χ1v) is 8.00. The van der Waals surface area contributed by atoms with Gasteiger partial charge in [-0.05, 0) is 29.7 Å². The monoisotopic (exact) mass is 290 g/mol. The van der Waals surface area contributed by atoms with Crippen molar-refractivity contribution in [2.45, 2.75) is 24.9 Å². The fourth-order valence-corrected chi connectivity index (χ4v) is 4.61. The number of piperidine rings is 3. The molecule has 0 aromatic heterocycles. The Morgan fingerprint density at radius 1 is 1.14 bits per heavy atom. The Hall–Kier alpha value is -1.26. The molecule has 4 nitrogen and oxygen atoms in total. The van der Waals surface area contributed by atoms with Gasteiger partial charge < -0.3 is 19.1 Å². The van der Waals surface area contributed by atoms with Gasteiger partial charge in [0.1, 0.15) is 12.1 Å². The van der Waals surface area contributed by atoms with Crippen molar-refractivity contribution < 1.29 is 19.1 Å². The minimum atomic E-state index is -0.0844. The first-order valence-electron chi connectivity index (χ1n) is 8.00. The number of hydrogen-bond donors (Lipinski definition) is 1. The van der Waals surface area contributed by atoms with E-state index in [9.17, 15) is 0 Å². The zero-order valence-electron chi connectivity index (χ0n) is 12.9. The van der Waals surface area contributed by atoms with Crippen LogP contribution in [0.1, 0.15) is 24.0 Å². The molecule has 4 heterocycles. The van der Waals surface area contributed by atoms with Gasteiger partial charge >= 0.3 is 0 Å². The highest BCUT2D eigenvalue weighted by atomic mass is 16.5. The maximum atomic E-state index is 6.42. The molecule has 1 aromatic rings. The van der Waals surface area contributed by atoms with Gasteiger partial charge in [-0.1, -0.05) is 0 Å². The summed E-state index contributed by atoms with van der Waals surface area (Å²) in [7, 11) is 3.42. The van der Waals surface area contributed by atoms with Gasteiger partial charge in [-0.25, -0.2) is 0 Å². The molecule has 21 heavy (non-hydrogen) atoms. The van der Waals surface area contributed by atoms with Crippen LogP contribution in [0, 0.1) is 5.92 Å². The summed E-state index contributed by atoms with van der Waals surface area (Å²) in [6, 6.07) is 4.33. The van der Waals surface area contributed by atoms with Crippen LogP contribution in [0.3, 0.4) is 0 Å². The van der Waals surface area contributed by atoms with Crippen LogP contribution in [0.2, 0.25) is 0 Å². The van der Waals surface area contributed by atoms with Crippen molar-refractivity contribution in [1.82, 2.24) is 0 Å². The van der Waals surface area contributed by atoms with Crippen molar-refractivity contribution in [2.75, 3.05) is 40.5 Å². The molecule has 1 atom stereocenters. The van der Waals surface area contributed by atoms with E-state index in [2.05, 4.69) is 12.1 Å². The van der Waals surface area contributed by atoms with Gasteiger partial charge in [-0.15, -0.1) is 0 Å². The molecule has 2 bridgehead atoms. The molecule has 4 aliphatic heterocycles. The minimum absolute atomic E-state index is 0.0844. The zero-order chi connectivity index (χ0) is 14.4. The summed E-state index contributed by atoms with van der Waals surface area (Å²) in [5.74, 6) is 2.32. The van der Waals surface area contributed by atoms with E-state index >= 15 is 0 Å². The second-order valence-electron chi connectivity index (χ2n) is 6.55. The summed E-state index contributed by atoms with van der Waals surface area (Å²) in [6.07, 6.45) is 3.53. The van der Waals surface area contributed by atoms with Crippen molar-refractivity contribution in [1.29, 1.82) is 0 Å². The number of methoxy groups -OCH3 is 2. The quantitative estimate of drug-likeness (QED) is 0.873. The predicted octanol–water partition coefficient (Wildman–Crippen LogP) is 0.780. The minimum Gasteiger partial charge on any atom is -0.493 e. The summed E-state index contributed by atoms with van der Waals surface area (Å²) in [6.45, 7) is 4.54. The average Bonchev–Trinajstić information content (AvgIpc) is 2.55. The number of rotatable bonds is 2. The Morgan fingerprint density at radius 2 is 1.86 bits per heavy atom. The van der Waals surface area contributed by atoms with Crippen LogP contribution in [0.25, 0.3) is 0 Å². The van der Waals surface area contributed by atoms with E-state index in [0.717, 1.165) is 31.1 Å². The maximum absolute atomic E-state index is 6.42. The molecule has 0 radical (unpaired) electrons. The topological polar surface area (TPSA) is 32.1 Å². The molecule has 1 aromatic carbocycles. The van der Waals surface area contributed by atoms with E-state index < -0.39 is 0 Å². The molecule has 5 rings (SSSR count). The predicted molar refractivity (Wildman–Crippen MR) is 79.2 cm³/mol. The smallest absolute Gasteiger partial charge is 0.161 e. The SMILES string of the molecule is COc1cc2c(cc1OC)[C@]1(C[NH+]3CCC1CC3)OCC2. The van der Waals surface area contributed by atoms with Gasteiger partial charge in [0, 0.05) is 18.8 Å². The molecule has 0 amide bonds. The van der Waals surface area contributed by atoms with Crippen molar-refractivity contribution >= 4 is 0 Å². The second-order valence-corrected chi connectivity index (χ2v) is 6.55. The van der Waals surface area contributed by atoms with Crippen LogP contribution >= 0.6 is 0 Å². The molecule has 0 unspecified atom stereocenters. The van der Waals surface area contributed by atoms with E-state index in [1.165, 1.54) is 37.1 Å². The number of fused-ring (bicyclic) bond motifs is 3. The van der Waals surface area contributed by atoms with Gasteiger partial charge in [0.2, 0.25) is 0 Å². The van der Waals surface area contributed by atoms with Gasteiger partial charge in [-0.3, -0.25) is 0 Å². The third-order valence-electron chi connectivity index (χ3n) is 5.66. The second kappa shape index (κ2) is 4.89. The Balaban J connectivity index is 1.84. The van der Waals surface area contributed by atoms with Crippen LogP contribution in [0.5, 0.6) is 11.5 Å². The van der Waals surface area contributed by atoms with Gasteiger partial charge in [0.15, 0.2) is 11.5 Å². The number of ether oxygens (including phenoxy) is 3. The summed E-state index contributed by atoms with van der Waals surface area (Å²) < 4.78 is 17.4. The van der Waals surface area contributed by atoms with Crippen molar-refractivity contribution in [3.05, 3.63) is 23.3 Å². The van der Waals surface area contributed by atoms with Gasteiger partial charge in [0.25, 0.3) is 0 Å². The summed E-state index contributed by atoms with van der Waals surface area (Å²) in [5.41, 5.74) is 2.65. The van der Waals surface area contributed by atoms with Crippen molar-refractivity contribution in [3.63, 3.8) is 0 Å². The first kappa shape index (κ1) is 13.4. The van der Waals surface area contributed by atoms with E-state index in [1.807, 2.05) is 0 Å². The lowest BCUT2D eigenvalue weighted by Crippen LogP contribution is -3.17. The Labute approximate surface area is 126 Å². The third kappa shape index (κ3) is 1.89. The molecule has 3 saturated heterocycles. The van der Waals surface area contributed by atoms with E-state index in [-0.39, 0.29) is 5.60 Å². The van der Waals surface area contributed by atoms with Crippen molar-refractivity contribution in [3.8, 4) is 11.5 Å². The van der Waals surface area contributed by atoms with E-state index in [4.69, 9.17) is 14.2 Å². The largest absolute Gasteiger partial charge is 0.493 e. The summed E-state index contributed by atoms with van der Waals surface area (Å²) in [5, 5.41) is 0. The zero-order valence-corrected chi connectivity index (χ0v) is 12.9. The maximum Gasteiger partial charge on any atom is 0.161 e. The molecule has 4 aliphatic rings. The lowest BCUT2D eigenvalue weighted by Gasteiger charge is -2.52. The van der Waals surface area contributed by atoms with Gasteiger partial charge in [0.05, 0.1) is 33.9 Å². The molecular weight excluding hydrogens is 266 g/mol. The highest BCUT2D eigenvalue weighted by Gasteiger charge is 2.54. The average molecular weight is 290 g/mol. The van der Waals surface area contributed by atoms with Crippen LogP contribution in [-0.2, 0) is 16.8 Å². The molecule has 3 fully saturated rings. The molecule has 114 valence electrons. The molecule has 1 spiro atoms. The number of nitrogens with one attached hydrogen (secondary N) is 1. The summed E-state index contributed by atoms with van der Waals surface area (Å²) in [4.78, 5) is 1.69. The Kier molecular flexibility index (Phi) is 3.12. The fraction of sp³-hybridized carbons (Fsp3) is 0.647. The molecule has 1 N–H and O–H groups in total. The highest BCUT2D eigenvalue weighted by molar-refractivity contribution is 5.50. The highest BCUT2D eigenvalue weighted by Crippen LogP contribution is 2.46. The fourth-order valence-electron chi connectivity index (χ4n) is 4.61. The standard InChI is InChI=1S/C17H23NO3/c1-19-15-9-12-5-8-21-17(14(12)10-16(15)20-2)11-18-6-3-13(17)4-7-18/h9-10,13H,3-8,11H2,1-2H3/p+1/t17-/m1/s1. The first-order chi connectivity index (χ1) is 10.3. The Morgan fingerprint density at radius 3 is 2.48 bits per heavy atom. The Bertz CT molecular complexity index is 551. The number of quaternary nitrogens is 1. The third-order valence-corrected chi connectivity index (χ3v) is 5.66. The van der Waals surface area contributed by atoms with Crippen LogP contribution in [0.4, 0.5) is 0 Å². The number of benzene rings is 1. The molecule has 0 aliphatic carbocycles. The molecular formula is C17H24NO3+. The summed E-state index contributed by atoms with van der Waals surface area (Å²) >= 11 is 0. The molecule has 0 saturated carbocycles. The normalized spacial score (nSPS) is 33.8. The lowest BCUT2D eigenvalue weighted by atomic mass is 9.69. The van der Waals surface area contributed by atoms with Crippen LogP contribution in [0.15, 0.2) is 12.1 Å². The molecule has 4 heteroatoms. The van der Waals surface area contributed by atoms with E-state index in [0.29, 0.717) is 5.92 Å². The van der Waals surface area contributed by atoms with Crippen LogP contribution < -0.4 is 14.4 Å². The van der Waals surface area contributed by atoms with E-state index in [1.54, 1.807) is 19.1 Å². The number of hydrogen-bond acceptors (Lipinski definition) is 3. The van der Waals surface area contributed by atoms with Crippen molar-refractivity contribution in [2.24, 2.45) is 5.92 Å². The van der Waals surface area contributed by atoms with Gasteiger partial charge in [-0.2, -0.15) is 0 Å². The lowest BCUT2D eigenvalue weighted by molar-refractivity contribution is -0.927.